The molecule has 0 unspecified atom stereocenters. The summed E-state index contributed by atoms with van der Waals surface area (Å²) in [6.45, 7) is 2.43. The lowest BCUT2D eigenvalue weighted by Crippen LogP contribution is -2.62. The lowest BCUT2D eigenvalue weighted by molar-refractivity contribution is -0.140. The van der Waals surface area contributed by atoms with Gasteiger partial charge in [-0.15, -0.1) is 0 Å². The number of likely N-dealkylation sites (tertiary alicyclic amines) is 1. The maximum Gasteiger partial charge on any atom is 0.248 e. The number of carbonyl (C=O) groups is 1. The lowest BCUT2D eigenvalue weighted by atomic mass is 9.64. The van der Waals surface area contributed by atoms with Gasteiger partial charge in [0.15, 0.2) is 0 Å². The van der Waals surface area contributed by atoms with E-state index in [9.17, 15) is 18.7 Å². The highest BCUT2D eigenvalue weighted by atomic mass is 19.3. The van der Waals surface area contributed by atoms with Crippen LogP contribution in [-0.2, 0) is 4.79 Å². The van der Waals surface area contributed by atoms with Gasteiger partial charge in [-0.05, 0) is 88.4 Å². The number of alkyl halides is 2. The minimum absolute atomic E-state index is 0.0977. The summed E-state index contributed by atoms with van der Waals surface area (Å²) < 4.78 is 26.8. The van der Waals surface area contributed by atoms with Crippen molar-refractivity contribution in [3.05, 3.63) is 0 Å². The van der Waals surface area contributed by atoms with Gasteiger partial charge in [-0.3, -0.25) is 9.69 Å². The first-order valence-electron chi connectivity index (χ1n) is 12.3. The highest BCUT2D eigenvalue weighted by molar-refractivity contribution is 5.79. The summed E-state index contributed by atoms with van der Waals surface area (Å²) in [6, 6.07) is 0. The van der Waals surface area contributed by atoms with E-state index in [-0.39, 0.29) is 42.6 Å². The van der Waals surface area contributed by atoms with E-state index >= 15 is 0 Å². The number of hydrogen-bond acceptors (Lipinski definition) is 3. The average molecular weight is 425 g/mol. The van der Waals surface area contributed by atoms with Crippen molar-refractivity contribution in [2.24, 2.45) is 17.3 Å². The second-order valence-electron chi connectivity index (χ2n) is 11.8. The third-order valence-electron chi connectivity index (χ3n) is 9.45. The molecule has 1 amide bonds. The van der Waals surface area contributed by atoms with Crippen LogP contribution in [0.15, 0.2) is 0 Å². The molecule has 0 aromatic rings. The van der Waals surface area contributed by atoms with E-state index < -0.39 is 11.5 Å². The van der Waals surface area contributed by atoms with Crippen LogP contribution in [0.5, 0.6) is 0 Å². The third-order valence-corrected chi connectivity index (χ3v) is 9.45. The summed E-state index contributed by atoms with van der Waals surface area (Å²) in [4.78, 5) is 15.2. The van der Waals surface area contributed by atoms with Gasteiger partial charge in [-0.25, -0.2) is 8.78 Å². The van der Waals surface area contributed by atoms with Crippen molar-refractivity contribution in [3.63, 3.8) is 0 Å². The van der Waals surface area contributed by atoms with Gasteiger partial charge >= 0.3 is 0 Å². The van der Waals surface area contributed by atoms with Crippen LogP contribution in [0.1, 0.15) is 89.9 Å². The molecule has 2 N–H and O–H groups in total. The second kappa shape index (κ2) is 7.40. The van der Waals surface area contributed by atoms with Gasteiger partial charge in [0.25, 0.3) is 0 Å². The number of halogens is 2. The van der Waals surface area contributed by atoms with Gasteiger partial charge in [-0.1, -0.05) is 0 Å². The molecule has 5 saturated carbocycles. The summed E-state index contributed by atoms with van der Waals surface area (Å²) in [6.07, 6.45) is 11.5. The summed E-state index contributed by atoms with van der Waals surface area (Å²) in [5, 5.41) is 14.2. The van der Waals surface area contributed by atoms with Crippen molar-refractivity contribution in [2.75, 3.05) is 19.6 Å². The van der Waals surface area contributed by atoms with Crippen LogP contribution in [0.25, 0.3) is 0 Å². The van der Waals surface area contributed by atoms with Crippen molar-refractivity contribution in [2.45, 2.75) is 107 Å². The van der Waals surface area contributed by atoms with E-state index in [0.29, 0.717) is 12.5 Å². The molecule has 6 aliphatic rings. The molecule has 2 bridgehead atoms. The normalized spacial score (nSPS) is 37.6. The Balaban J connectivity index is 1.07. The van der Waals surface area contributed by atoms with Crippen LogP contribution >= 0.6 is 0 Å². The predicted molar refractivity (Wildman–Crippen MR) is 111 cm³/mol. The van der Waals surface area contributed by atoms with Crippen LogP contribution in [0, 0.1) is 17.3 Å². The maximum atomic E-state index is 13.4. The number of hydrogen-bond donors (Lipinski definition) is 2. The van der Waals surface area contributed by atoms with Crippen molar-refractivity contribution in [1.29, 1.82) is 0 Å². The van der Waals surface area contributed by atoms with Crippen molar-refractivity contribution < 1.29 is 18.7 Å². The third kappa shape index (κ3) is 4.15. The van der Waals surface area contributed by atoms with E-state index in [1.165, 1.54) is 38.5 Å². The predicted octanol–water partition coefficient (Wildman–Crippen LogP) is 4.26. The SMILES string of the molecule is O=C(NC12CCC(CC1)CC2)C1CCC2(CC1)CN(CC1(O)CCC(F)(F)CC1)C2. The van der Waals surface area contributed by atoms with E-state index in [4.69, 9.17) is 0 Å². The quantitative estimate of drug-likeness (QED) is 0.709. The van der Waals surface area contributed by atoms with Crippen molar-refractivity contribution >= 4 is 5.91 Å². The monoisotopic (exact) mass is 424 g/mol. The second-order valence-corrected chi connectivity index (χ2v) is 11.8. The van der Waals surface area contributed by atoms with Crippen LogP contribution in [0.2, 0.25) is 0 Å². The van der Waals surface area contributed by atoms with Crippen molar-refractivity contribution in [1.82, 2.24) is 10.2 Å². The fraction of sp³-hybridized carbons (Fsp3) is 0.958. The Bertz CT molecular complexity index is 634. The van der Waals surface area contributed by atoms with E-state index in [0.717, 1.165) is 44.7 Å². The number of nitrogens with zero attached hydrogens (tertiary/aromatic N) is 1. The summed E-state index contributed by atoms with van der Waals surface area (Å²) in [5.74, 6) is -1.25. The zero-order valence-electron chi connectivity index (χ0n) is 18.2. The van der Waals surface area contributed by atoms with Crippen molar-refractivity contribution in [3.8, 4) is 0 Å². The molecule has 6 rings (SSSR count). The van der Waals surface area contributed by atoms with E-state index in [1.807, 2.05) is 0 Å². The average Bonchev–Trinajstić information content (AvgIpc) is 2.71. The molecular formula is C24H38F2N2O2. The van der Waals surface area contributed by atoms with Gasteiger partial charge in [0.2, 0.25) is 11.8 Å². The first kappa shape index (κ1) is 21.1. The molecule has 0 aromatic carbocycles. The Hall–Kier alpha value is -0.750. The lowest BCUT2D eigenvalue weighted by Gasteiger charge is -2.55. The molecule has 1 saturated heterocycles. The smallest absolute Gasteiger partial charge is 0.248 e. The van der Waals surface area contributed by atoms with Gasteiger partial charge < -0.3 is 10.4 Å². The Labute approximate surface area is 179 Å². The van der Waals surface area contributed by atoms with Gasteiger partial charge in [0.05, 0.1) is 5.60 Å². The molecule has 6 fully saturated rings. The Morgan fingerprint density at radius 1 is 0.867 bits per heavy atom. The first-order chi connectivity index (χ1) is 14.2. The molecule has 170 valence electrons. The molecule has 0 aromatic heterocycles. The summed E-state index contributed by atoms with van der Waals surface area (Å²) in [5.41, 5.74) is -0.563. The Morgan fingerprint density at radius 2 is 1.43 bits per heavy atom. The maximum absolute atomic E-state index is 13.4. The van der Waals surface area contributed by atoms with Gasteiger partial charge in [0, 0.05) is 43.9 Å². The molecule has 4 nitrogen and oxygen atoms in total. The standard InChI is InChI=1S/C24H38F2N2O2/c25-24(26)13-11-23(30,12-14-24)17-28-15-21(16-28)6-4-19(5-7-21)20(29)27-22-8-1-18(2-9-22)3-10-22/h18-19,30H,1-17H2,(H,27,29). The van der Waals surface area contributed by atoms with Crippen LogP contribution in [0.3, 0.4) is 0 Å². The fourth-order valence-electron chi connectivity index (χ4n) is 7.28. The van der Waals surface area contributed by atoms with Gasteiger partial charge in [0.1, 0.15) is 0 Å². The molecule has 0 radical (unpaired) electrons. The minimum atomic E-state index is -2.60. The molecule has 6 heteroatoms. The van der Waals surface area contributed by atoms with Crippen LogP contribution in [0.4, 0.5) is 8.78 Å². The zero-order chi connectivity index (χ0) is 21.0. The summed E-state index contributed by atoms with van der Waals surface area (Å²) >= 11 is 0. The number of amides is 1. The Morgan fingerprint density at radius 3 is 2.00 bits per heavy atom. The molecule has 0 atom stereocenters. The molecule has 5 aliphatic carbocycles. The molecule has 30 heavy (non-hydrogen) atoms. The Kier molecular flexibility index (Phi) is 5.21. The number of nitrogens with one attached hydrogen (secondary N) is 1. The fourth-order valence-corrected chi connectivity index (χ4v) is 7.28. The number of β-amino-alcohol motifs (C(OH)–C–C–N with tert-alkyl or cyclic N) is 1. The highest BCUT2D eigenvalue weighted by Crippen LogP contribution is 2.48. The minimum Gasteiger partial charge on any atom is -0.389 e. The molecule has 1 spiro atoms. The van der Waals surface area contributed by atoms with E-state index in [1.54, 1.807) is 0 Å². The van der Waals surface area contributed by atoms with Crippen LogP contribution in [-0.4, -0.2) is 52.6 Å². The zero-order valence-corrected chi connectivity index (χ0v) is 18.2. The van der Waals surface area contributed by atoms with Crippen LogP contribution < -0.4 is 5.32 Å². The number of rotatable bonds is 4. The van der Waals surface area contributed by atoms with Gasteiger partial charge in [-0.2, -0.15) is 0 Å². The number of aliphatic hydroxyl groups is 1. The summed E-state index contributed by atoms with van der Waals surface area (Å²) in [7, 11) is 0. The topological polar surface area (TPSA) is 52.6 Å². The largest absolute Gasteiger partial charge is 0.389 e. The molecular weight excluding hydrogens is 386 g/mol. The molecule has 1 aliphatic heterocycles. The molecule has 1 heterocycles. The first-order valence-corrected chi connectivity index (χ1v) is 12.3. The number of fused-ring (bicyclic) bond motifs is 3. The number of carbonyl (C=O) groups excluding carboxylic acids is 1. The highest BCUT2D eigenvalue weighted by Gasteiger charge is 2.50. The van der Waals surface area contributed by atoms with E-state index in [2.05, 4.69) is 10.2 Å².